The highest BCUT2D eigenvalue weighted by Gasteiger charge is 1.97. The molecule has 0 aliphatic rings. The maximum Gasteiger partial charge on any atom is 0.139 e. The van der Waals surface area contributed by atoms with Crippen LogP contribution in [0.25, 0.3) is 0 Å². The standard InChI is InChI=1S/C7H8ClNO.C2H6/c1-10-7-4-5(9)2-3-6(7)8;1-2/h2-4H,9H2,1H3;1-2H3. The van der Waals surface area contributed by atoms with Crippen molar-refractivity contribution in [2.75, 3.05) is 12.8 Å². The summed E-state index contributed by atoms with van der Waals surface area (Å²) in [6, 6.07) is 5.11. The zero-order chi connectivity index (χ0) is 9.56. The van der Waals surface area contributed by atoms with Crippen LogP contribution < -0.4 is 10.5 Å². The molecule has 1 aromatic rings. The van der Waals surface area contributed by atoms with Crippen molar-refractivity contribution in [2.24, 2.45) is 0 Å². The summed E-state index contributed by atoms with van der Waals surface area (Å²) in [6.45, 7) is 4.00. The van der Waals surface area contributed by atoms with E-state index in [4.69, 9.17) is 22.1 Å². The van der Waals surface area contributed by atoms with Crippen molar-refractivity contribution in [3.63, 3.8) is 0 Å². The van der Waals surface area contributed by atoms with Gasteiger partial charge in [0.25, 0.3) is 0 Å². The molecule has 1 rings (SSSR count). The van der Waals surface area contributed by atoms with Crippen LogP contribution in [-0.2, 0) is 0 Å². The SMILES string of the molecule is CC.COc1cc(N)ccc1Cl. The van der Waals surface area contributed by atoms with Gasteiger partial charge in [-0.2, -0.15) is 0 Å². The van der Waals surface area contributed by atoms with Gasteiger partial charge in [-0.15, -0.1) is 0 Å². The van der Waals surface area contributed by atoms with Gasteiger partial charge in [-0.3, -0.25) is 0 Å². The topological polar surface area (TPSA) is 35.2 Å². The Hall–Kier alpha value is -0.890. The third-order valence-electron chi connectivity index (χ3n) is 1.18. The number of methoxy groups -OCH3 is 1. The number of nitrogens with two attached hydrogens (primary N) is 1. The minimum absolute atomic E-state index is 0.580. The molecule has 0 fully saturated rings. The Morgan fingerprint density at radius 1 is 1.33 bits per heavy atom. The Morgan fingerprint density at radius 2 is 1.92 bits per heavy atom. The molecule has 0 amide bonds. The molecule has 0 saturated heterocycles. The molecule has 0 heterocycles. The minimum Gasteiger partial charge on any atom is -0.495 e. The van der Waals surface area contributed by atoms with E-state index in [0.717, 1.165) is 0 Å². The van der Waals surface area contributed by atoms with E-state index in [0.29, 0.717) is 16.5 Å². The largest absolute Gasteiger partial charge is 0.495 e. The van der Waals surface area contributed by atoms with Crippen molar-refractivity contribution in [3.05, 3.63) is 23.2 Å². The summed E-state index contributed by atoms with van der Waals surface area (Å²) < 4.78 is 4.91. The molecule has 3 heteroatoms. The summed E-state index contributed by atoms with van der Waals surface area (Å²) in [5.41, 5.74) is 6.12. The van der Waals surface area contributed by atoms with Crippen molar-refractivity contribution in [1.29, 1.82) is 0 Å². The molecule has 0 radical (unpaired) electrons. The Morgan fingerprint density at radius 3 is 2.33 bits per heavy atom. The smallest absolute Gasteiger partial charge is 0.139 e. The number of benzene rings is 1. The molecular formula is C9H14ClNO. The molecular weight excluding hydrogens is 174 g/mol. The van der Waals surface area contributed by atoms with E-state index in [2.05, 4.69) is 0 Å². The minimum atomic E-state index is 0.580. The van der Waals surface area contributed by atoms with Gasteiger partial charge in [0.2, 0.25) is 0 Å². The van der Waals surface area contributed by atoms with Crippen LogP contribution in [0.5, 0.6) is 5.75 Å². The number of halogens is 1. The van der Waals surface area contributed by atoms with Gasteiger partial charge in [0.15, 0.2) is 0 Å². The van der Waals surface area contributed by atoms with Crippen LogP contribution in [-0.4, -0.2) is 7.11 Å². The summed E-state index contributed by atoms with van der Waals surface area (Å²) in [4.78, 5) is 0. The van der Waals surface area contributed by atoms with Crippen LogP contribution in [0.15, 0.2) is 18.2 Å². The molecule has 0 saturated carbocycles. The van der Waals surface area contributed by atoms with E-state index in [9.17, 15) is 0 Å². The number of ether oxygens (including phenoxy) is 1. The summed E-state index contributed by atoms with van der Waals surface area (Å²) in [5, 5.41) is 0.580. The molecule has 0 atom stereocenters. The highest BCUT2D eigenvalue weighted by Crippen LogP contribution is 2.25. The Kier molecular flexibility index (Phi) is 5.30. The van der Waals surface area contributed by atoms with Crippen molar-refractivity contribution >= 4 is 17.3 Å². The van der Waals surface area contributed by atoms with Gasteiger partial charge in [-0.25, -0.2) is 0 Å². The summed E-state index contributed by atoms with van der Waals surface area (Å²) in [6.07, 6.45) is 0. The average molecular weight is 188 g/mol. The van der Waals surface area contributed by atoms with Gasteiger partial charge < -0.3 is 10.5 Å². The first-order valence-electron chi connectivity index (χ1n) is 3.83. The van der Waals surface area contributed by atoms with Crippen molar-refractivity contribution in [2.45, 2.75) is 13.8 Å². The molecule has 0 spiro atoms. The van der Waals surface area contributed by atoms with Crippen LogP contribution in [0.2, 0.25) is 5.02 Å². The van der Waals surface area contributed by atoms with Gasteiger partial charge in [-0.1, -0.05) is 25.4 Å². The molecule has 2 N–H and O–H groups in total. The van der Waals surface area contributed by atoms with E-state index in [1.54, 1.807) is 25.3 Å². The second-order valence-corrected chi connectivity index (χ2v) is 2.30. The fraction of sp³-hybridized carbons (Fsp3) is 0.333. The molecule has 0 unspecified atom stereocenters. The highest BCUT2D eigenvalue weighted by atomic mass is 35.5. The van der Waals surface area contributed by atoms with Gasteiger partial charge in [-0.05, 0) is 12.1 Å². The Balaban J connectivity index is 0.000000561. The lowest BCUT2D eigenvalue weighted by molar-refractivity contribution is 0.415. The van der Waals surface area contributed by atoms with Crippen molar-refractivity contribution in [1.82, 2.24) is 0 Å². The van der Waals surface area contributed by atoms with Crippen LogP contribution >= 0.6 is 11.6 Å². The van der Waals surface area contributed by atoms with Crippen LogP contribution in [0.3, 0.4) is 0 Å². The molecule has 12 heavy (non-hydrogen) atoms. The average Bonchev–Trinajstić information content (AvgIpc) is 2.13. The van der Waals surface area contributed by atoms with E-state index in [1.165, 1.54) is 0 Å². The summed E-state index contributed by atoms with van der Waals surface area (Å²) in [5.74, 6) is 0.613. The predicted molar refractivity (Wildman–Crippen MR) is 53.8 cm³/mol. The van der Waals surface area contributed by atoms with Gasteiger partial charge in [0.05, 0.1) is 12.1 Å². The fourth-order valence-corrected chi connectivity index (χ4v) is 0.871. The first-order chi connectivity index (χ1) is 5.74. The fourth-order valence-electron chi connectivity index (χ4n) is 0.676. The summed E-state index contributed by atoms with van der Waals surface area (Å²) in [7, 11) is 1.56. The Labute approximate surface area is 78.3 Å². The zero-order valence-corrected chi connectivity index (χ0v) is 8.35. The van der Waals surface area contributed by atoms with E-state index in [-0.39, 0.29) is 0 Å². The molecule has 2 nitrogen and oxygen atoms in total. The second-order valence-electron chi connectivity index (χ2n) is 1.89. The third-order valence-corrected chi connectivity index (χ3v) is 1.49. The maximum absolute atomic E-state index is 5.72. The lowest BCUT2D eigenvalue weighted by atomic mass is 10.3. The first-order valence-corrected chi connectivity index (χ1v) is 4.21. The highest BCUT2D eigenvalue weighted by molar-refractivity contribution is 6.32. The lowest BCUT2D eigenvalue weighted by Crippen LogP contribution is -1.87. The molecule has 0 aliphatic heterocycles. The van der Waals surface area contributed by atoms with E-state index in [1.807, 2.05) is 13.8 Å². The predicted octanol–water partition coefficient (Wildman–Crippen LogP) is 2.96. The molecule has 0 bridgehead atoms. The number of hydrogen-bond donors (Lipinski definition) is 1. The van der Waals surface area contributed by atoms with Crippen LogP contribution in [0, 0.1) is 0 Å². The molecule has 0 aromatic heterocycles. The van der Waals surface area contributed by atoms with Crippen molar-refractivity contribution < 1.29 is 4.74 Å². The number of anilines is 1. The Bertz CT molecular complexity index is 238. The van der Waals surface area contributed by atoms with Gasteiger partial charge in [0, 0.05) is 11.8 Å². The first kappa shape index (κ1) is 11.1. The zero-order valence-electron chi connectivity index (χ0n) is 7.60. The number of rotatable bonds is 1. The third kappa shape index (κ3) is 3.01. The van der Waals surface area contributed by atoms with Crippen LogP contribution in [0.1, 0.15) is 13.8 Å². The molecule has 1 aromatic carbocycles. The van der Waals surface area contributed by atoms with E-state index < -0.39 is 0 Å². The van der Waals surface area contributed by atoms with Crippen molar-refractivity contribution in [3.8, 4) is 5.75 Å². The van der Waals surface area contributed by atoms with Gasteiger partial charge in [0.1, 0.15) is 5.75 Å². The monoisotopic (exact) mass is 187 g/mol. The maximum atomic E-state index is 5.72. The normalized spacial score (nSPS) is 8.33. The lowest BCUT2D eigenvalue weighted by Gasteiger charge is -2.01. The number of nitrogen functional groups attached to an aromatic ring is 1. The summed E-state index contributed by atoms with van der Waals surface area (Å²) >= 11 is 5.72. The van der Waals surface area contributed by atoms with Gasteiger partial charge >= 0.3 is 0 Å². The van der Waals surface area contributed by atoms with Crippen LogP contribution in [0.4, 0.5) is 5.69 Å². The van der Waals surface area contributed by atoms with E-state index >= 15 is 0 Å². The molecule has 68 valence electrons. The molecule has 0 aliphatic carbocycles. The second kappa shape index (κ2) is 5.72. The number of hydrogen-bond acceptors (Lipinski definition) is 2. The quantitative estimate of drug-likeness (QED) is 0.687.